The fourth-order valence-corrected chi connectivity index (χ4v) is 4.12. The van der Waals surface area contributed by atoms with Crippen LogP contribution in [0.5, 0.6) is 0 Å². The lowest BCUT2D eigenvalue weighted by Gasteiger charge is -2.11. The molecule has 0 saturated carbocycles. The number of carbonyl (C=O) groups is 1. The molecule has 10 heteroatoms. The lowest BCUT2D eigenvalue weighted by Crippen LogP contribution is -2.14. The maximum absolute atomic E-state index is 12.5. The molecule has 29 heavy (non-hydrogen) atoms. The number of nitrogens with zero attached hydrogens (tertiary/aromatic N) is 4. The summed E-state index contributed by atoms with van der Waals surface area (Å²) in [6.45, 7) is 4.00. The Hall–Kier alpha value is -3.29. The van der Waals surface area contributed by atoms with E-state index in [4.69, 9.17) is 0 Å². The highest BCUT2D eigenvalue weighted by Gasteiger charge is 2.18. The summed E-state index contributed by atoms with van der Waals surface area (Å²) in [5, 5.41) is 11.5. The zero-order valence-electron chi connectivity index (χ0n) is 15.9. The molecule has 1 N–H and O–H groups in total. The minimum absolute atomic E-state index is 0.00124. The first kappa shape index (κ1) is 20.4. The Bertz CT molecular complexity index is 1260. The molecule has 1 aromatic carbocycles. The zero-order chi connectivity index (χ0) is 21.2. The number of hydrogen-bond acceptors (Lipinski definition) is 7. The van der Waals surface area contributed by atoms with Crippen LogP contribution in [0.2, 0.25) is 0 Å². The normalized spacial score (nSPS) is 11.9. The van der Waals surface area contributed by atoms with Gasteiger partial charge in [0, 0.05) is 35.4 Å². The topological polar surface area (TPSA) is 118 Å². The summed E-state index contributed by atoms with van der Waals surface area (Å²) in [4.78, 5) is 16.2. The third-order valence-electron chi connectivity index (χ3n) is 4.01. The molecule has 0 unspecified atom stereocenters. The highest BCUT2D eigenvalue weighted by atomic mass is 32.2. The molecular formula is C19H17N5O3S2. The molecule has 0 spiro atoms. The molecule has 3 rings (SSSR count). The number of nitriles is 1. The average molecular weight is 428 g/mol. The Kier molecular flexibility index (Phi) is 5.63. The molecule has 0 fully saturated rings. The van der Waals surface area contributed by atoms with Gasteiger partial charge in [-0.2, -0.15) is 14.6 Å². The zero-order valence-corrected chi connectivity index (χ0v) is 17.5. The highest BCUT2D eigenvalue weighted by molar-refractivity contribution is 7.90. The van der Waals surface area contributed by atoms with Gasteiger partial charge in [0.05, 0.1) is 0 Å². The largest absolute Gasteiger partial charge is 0.317 e. The van der Waals surface area contributed by atoms with Gasteiger partial charge < -0.3 is 4.57 Å². The minimum Gasteiger partial charge on any atom is -0.317 e. The summed E-state index contributed by atoms with van der Waals surface area (Å²) >= 11 is 0.730. The number of benzene rings is 1. The van der Waals surface area contributed by atoms with E-state index in [1.807, 2.05) is 48.9 Å². The number of anilines is 1. The van der Waals surface area contributed by atoms with Crippen LogP contribution in [-0.2, 0) is 14.6 Å². The van der Waals surface area contributed by atoms with Crippen molar-refractivity contribution in [3.05, 3.63) is 58.9 Å². The van der Waals surface area contributed by atoms with Gasteiger partial charge in [0.2, 0.25) is 15.0 Å². The molecule has 8 nitrogen and oxygen atoms in total. The Labute approximate surface area is 172 Å². The summed E-state index contributed by atoms with van der Waals surface area (Å²) in [7, 11) is -3.57. The van der Waals surface area contributed by atoms with Crippen LogP contribution in [0.25, 0.3) is 11.8 Å². The van der Waals surface area contributed by atoms with Crippen molar-refractivity contribution in [1.82, 2.24) is 13.9 Å². The molecule has 2 aromatic heterocycles. The second-order valence-corrected chi connectivity index (χ2v) is 9.03. The first-order chi connectivity index (χ1) is 13.7. The lowest BCUT2D eigenvalue weighted by molar-refractivity contribution is -0.112. The number of hydrogen-bond donors (Lipinski definition) is 1. The molecule has 148 valence electrons. The van der Waals surface area contributed by atoms with E-state index in [-0.39, 0.29) is 15.9 Å². The van der Waals surface area contributed by atoms with Crippen LogP contribution in [0.15, 0.2) is 47.3 Å². The maximum atomic E-state index is 12.5. The SMILES string of the molecule is Cc1ccc(-n2cccc2C=C(C#N)C(=O)Nc2nc(S(C)(=O)=O)ns2)c(C)c1. The van der Waals surface area contributed by atoms with Crippen molar-refractivity contribution >= 4 is 38.5 Å². The van der Waals surface area contributed by atoms with E-state index in [2.05, 4.69) is 20.7 Å². The van der Waals surface area contributed by atoms with Crippen LogP contribution >= 0.6 is 11.5 Å². The summed E-state index contributed by atoms with van der Waals surface area (Å²) < 4.78 is 28.5. The number of nitrogens with one attached hydrogen (secondary N) is 1. The third kappa shape index (κ3) is 4.59. The van der Waals surface area contributed by atoms with Crippen LogP contribution in [-0.4, -0.2) is 34.5 Å². The van der Waals surface area contributed by atoms with Gasteiger partial charge >= 0.3 is 0 Å². The first-order valence-corrected chi connectivity index (χ1v) is 11.1. The van der Waals surface area contributed by atoms with E-state index in [1.54, 1.807) is 6.07 Å². The van der Waals surface area contributed by atoms with Gasteiger partial charge in [0.1, 0.15) is 11.6 Å². The van der Waals surface area contributed by atoms with Crippen molar-refractivity contribution in [3.63, 3.8) is 0 Å². The predicted octanol–water partition coefficient (Wildman–Crippen LogP) is 2.89. The Morgan fingerprint density at radius 3 is 2.69 bits per heavy atom. The van der Waals surface area contributed by atoms with E-state index in [0.717, 1.165) is 34.6 Å². The third-order valence-corrected chi connectivity index (χ3v) is 5.60. The molecule has 0 saturated heterocycles. The summed E-state index contributed by atoms with van der Waals surface area (Å²) in [6.07, 6.45) is 4.29. The summed E-state index contributed by atoms with van der Waals surface area (Å²) in [6, 6.07) is 11.5. The fourth-order valence-electron chi connectivity index (χ4n) is 2.68. The van der Waals surface area contributed by atoms with Crippen molar-refractivity contribution in [2.45, 2.75) is 19.0 Å². The number of amides is 1. The van der Waals surface area contributed by atoms with Crippen LogP contribution in [0.1, 0.15) is 16.8 Å². The maximum Gasteiger partial charge on any atom is 0.268 e. The van der Waals surface area contributed by atoms with Gasteiger partial charge in [-0.1, -0.05) is 17.7 Å². The van der Waals surface area contributed by atoms with Gasteiger partial charge in [0.15, 0.2) is 0 Å². The minimum atomic E-state index is -3.57. The van der Waals surface area contributed by atoms with Crippen molar-refractivity contribution < 1.29 is 13.2 Å². The van der Waals surface area contributed by atoms with E-state index < -0.39 is 15.7 Å². The Morgan fingerprint density at radius 2 is 2.07 bits per heavy atom. The first-order valence-electron chi connectivity index (χ1n) is 8.41. The van der Waals surface area contributed by atoms with Crippen LogP contribution in [0.3, 0.4) is 0 Å². The van der Waals surface area contributed by atoms with Gasteiger partial charge in [-0.05, 0) is 43.7 Å². The molecule has 0 bridgehead atoms. The summed E-state index contributed by atoms with van der Waals surface area (Å²) in [5.41, 5.74) is 3.63. The Balaban J connectivity index is 1.89. The highest BCUT2D eigenvalue weighted by Crippen LogP contribution is 2.21. The second kappa shape index (κ2) is 7.98. The van der Waals surface area contributed by atoms with Gasteiger partial charge in [-0.25, -0.2) is 8.42 Å². The monoisotopic (exact) mass is 427 g/mol. The van der Waals surface area contributed by atoms with E-state index >= 15 is 0 Å². The van der Waals surface area contributed by atoms with E-state index in [9.17, 15) is 18.5 Å². The summed E-state index contributed by atoms with van der Waals surface area (Å²) in [5.74, 6) is -0.697. The van der Waals surface area contributed by atoms with Gasteiger partial charge in [-0.15, -0.1) is 0 Å². The van der Waals surface area contributed by atoms with Crippen LogP contribution in [0, 0.1) is 25.2 Å². The number of aryl methyl sites for hydroxylation is 2. The van der Waals surface area contributed by atoms with Gasteiger partial charge in [0.25, 0.3) is 11.1 Å². The molecular weight excluding hydrogens is 410 g/mol. The molecule has 3 aromatic rings. The van der Waals surface area contributed by atoms with Crippen LogP contribution < -0.4 is 5.32 Å². The van der Waals surface area contributed by atoms with Crippen LogP contribution in [0.4, 0.5) is 5.13 Å². The number of carbonyl (C=O) groups excluding carboxylic acids is 1. The quantitative estimate of drug-likeness (QED) is 0.494. The Morgan fingerprint density at radius 1 is 1.31 bits per heavy atom. The van der Waals surface area contributed by atoms with Crippen molar-refractivity contribution in [2.24, 2.45) is 0 Å². The molecule has 0 atom stereocenters. The predicted molar refractivity (Wildman–Crippen MR) is 110 cm³/mol. The van der Waals surface area contributed by atoms with Gasteiger partial charge in [-0.3, -0.25) is 10.1 Å². The lowest BCUT2D eigenvalue weighted by atomic mass is 10.1. The number of aromatic nitrogens is 3. The molecule has 2 heterocycles. The molecule has 1 amide bonds. The molecule has 0 aliphatic rings. The average Bonchev–Trinajstić information content (AvgIpc) is 3.28. The second-order valence-electron chi connectivity index (χ2n) is 6.37. The number of sulfone groups is 1. The van der Waals surface area contributed by atoms with Crippen molar-refractivity contribution in [1.29, 1.82) is 5.26 Å². The van der Waals surface area contributed by atoms with E-state index in [1.165, 1.54) is 6.08 Å². The molecule has 0 aliphatic carbocycles. The smallest absolute Gasteiger partial charge is 0.268 e. The van der Waals surface area contributed by atoms with Crippen molar-refractivity contribution in [2.75, 3.05) is 11.6 Å². The number of rotatable bonds is 5. The van der Waals surface area contributed by atoms with Crippen molar-refractivity contribution in [3.8, 4) is 11.8 Å². The van der Waals surface area contributed by atoms with E-state index in [0.29, 0.717) is 5.69 Å². The fraction of sp³-hybridized carbons (Fsp3) is 0.158. The molecule has 0 aliphatic heterocycles. The standard InChI is InChI=1S/C19H17N5O3S2/c1-12-6-7-16(13(2)9-12)24-8-4-5-15(24)10-14(11-20)17(25)21-18-22-19(23-28-18)29(3,26)27/h4-10H,1-3H3,(H,21,22,23,25). The molecule has 0 radical (unpaired) electrons.